The van der Waals surface area contributed by atoms with Gasteiger partial charge in [-0.25, -0.2) is 0 Å². The van der Waals surface area contributed by atoms with Gasteiger partial charge in [0.25, 0.3) is 0 Å². The van der Waals surface area contributed by atoms with Crippen molar-refractivity contribution in [3.05, 3.63) is 41.0 Å². The fourth-order valence-electron chi connectivity index (χ4n) is 3.53. The number of carbonyl (C=O) groups is 1. The smallest absolute Gasteiger partial charge is 0.312 e. The van der Waals surface area contributed by atoms with Crippen LogP contribution in [0.15, 0.2) is 29.8 Å². The minimum absolute atomic E-state index is 0.190. The molecule has 1 aromatic carbocycles. The molecule has 0 unspecified atom stereocenters. The number of carbonyl (C=O) groups excluding carboxylic acids is 1. The maximum absolute atomic E-state index is 11.8. The Kier molecular flexibility index (Phi) is 2.58. The lowest BCUT2D eigenvalue weighted by Gasteiger charge is -2.41. The molecule has 0 radical (unpaired) electrons. The predicted molar refractivity (Wildman–Crippen MR) is 72.4 cm³/mol. The molecule has 0 amide bonds. The summed E-state index contributed by atoms with van der Waals surface area (Å²) in [5.74, 6) is -0.190. The van der Waals surface area contributed by atoms with E-state index in [0.29, 0.717) is 19.3 Å². The van der Waals surface area contributed by atoms with E-state index in [2.05, 4.69) is 6.07 Å². The molecule has 3 aliphatic rings. The number of aryl methyl sites for hydroxylation is 1. The van der Waals surface area contributed by atoms with Crippen LogP contribution in [0.25, 0.3) is 6.08 Å². The quantitative estimate of drug-likeness (QED) is 0.829. The summed E-state index contributed by atoms with van der Waals surface area (Å²) in [4.78, 5) is 11.8. The van der Waals surface area contributed by atoms with Crippen molar-refractivity contribution >= 4 is 12.0 Å². The number of ether oxygens (including phenoxy) is 1. The second kappa shape index (κ2) is 3.94. The van der Waals surface area contributed by atoms with Gasteiger partial charge in [-0.15, -0.1) is 0 Å². The number of benzene rings is 1. The molecule has 3 heteroatoms. The molecule has 0 atom stereocenters. The predicted octanol–water partition coefficient (Wildman–Crippen LogP) is 2.47. The van der Waals surface area contributed by atoms with E-state index in [1.54, 1.807) is 0 Å². The molecule has 4 rings (SSSR count). The lowest BCUT2D eigenvalue weighted by atomic mass is 9.67. The van der Waals surface area contributed by atoms with E-state index in [1.165, 1.54) is 12.7 Å². The lowest BCUT2D eigenvalue weighted by Crippen LogP contribution is -2.48. The van der Waals surface area contributed by atoms with Crippen LogP contribution in [-0.4, -0.2) is 23.8 Å². The zero-order chi connectivity index (χ0) is 13.7. The molecule has 0 spiro atoms. The first kappa shape index (κ1) is 12.4. The molecule has 3 nitrogen and oxygen atoms in total. The highest BCUT2D eigenvalue weighted by Gasteiger charge is 2.67. The van der Waals surface area contributed by atoms with E-state index in [4.69, 9.17) is 4.74 Å². The van der Waals surface area contributed by atoms with Gasteiger partial charge < -0.3 is 9.84 Å². The van der Waals surface area contributed by atoms with Crippen molar-refractivity contribution < 1.29 is 14.6 Å². The summed E-state index contributed by atoms with van der Waals surface area (Å²) in [7, 11) is 1.41. The molecule has 0 aromatic heterocycles. The van der Waals surface area contributed by atoms with Crippen LogP contribution in [0.4, 0.5) is 0 Å². The summed E-state index contributed by atoms with van der Waals surface area (Å²) in [5, 5.41) is 10.5. The molecular weight excluding hydrogens is 240 g/mol. The first-order valence-corrected chi connectivity index (χ1v) is 6.56. The maximum atomic E-state index is 11.8. The first-order valence-electron chi connectivity index (χ1n) is 6.56. The zero-order valence-corrected chi connectivity index (χ0v) is 11.3. The van der Waals surface area contributed by atoms with E-state index in [1.807, 2.05) is 31.2 Å². The third-order valence-electron chi connectivity index (χ3n) is 4.39. The molecule has 1 aromatic rings. The first-order chi connectivity index (χ1) is 8.97. The van der Waals surface area contributed by atoms with E-state index in [9.17, 15) is 9.90 Å². The van der Waals surface area contributed by atoms with Crippen molar-refractivity contribution in [3.8, 4) is 0 Å². The summed E-state index contributed by atoms with van der Waals surface area (Å²) < 4.78 is 4.86. The maximum Gasteiger partial charge on any atom is 0.312 e. The SMILES string of the molecule is COC(=O)C12C/C(=C\c3cccc(C)c3)C(O)(C1)C2. The van der Waals surface area contributed by atoms with Crippen molar-refractivity contribution in [2.45, 2.75) is 31.8 Å². The second-order valence-corrected chi connectivity index (χ2v) is 5.92. The van der Waals surface area contributed by atoms with Crippen LogP contribution in [0.2, 0.25) is 0 Å². The molecule has 3 aliphatic carbocycles. The summed E-state index contributed by atoms with van der Waals surface area (Å²) in [6.07, 6.45) is 3.64. The Morgan fingerprint density at radius 3 is 2.79 bits per heavy atom. The van der Waals surface area contributed by atoms with Gasteiger partial charge in [0.1, 0.15) is 0 Å². The normalized spacial score (nSPS) is 34.2. The van der Waals surface area contributed by atoms with Gasteiger partial charge in [-0.05, 0) is 37.3 Å². The summed E-state index contributed by atoms with van der Waals surface area (Å²) >= 11 is 0. The van der Waals surface area contributed by atoms with Crippen molar-refractivity contribution in [2.24, 2.45) is 5.41 Å². The fourth-order valence-corrected chi connectivity index (χ4v) is 3.53. The molecule has 3 saturated carbocycles. The Bertz CT molecular complexity index is 565. The Morgan fingerprint density at radius 2 is 2.16 bits per heavy atom. The van der Waals surface area contributed by atoms with Gasteiger partial charge in [0.2, 0.25) is 0 Å². The monoisotopic (exact) mass is 258 g/mol. The molecule has 0 aliphatic heterocycles. The number of esters is 1. The highest BCUT2D eigenvalue weighted by atomic mass is 16.5. The Labute approximate surface area is 112 Å². The van der Waals surface area contributed by atoms with Gasteiger partial charge in [0.15, 0.2) is 0 Å². The number of fused-ring (bicyclic) bond motifs is 1. The van der Waals surface area contributed by atoms with Crippen LogP contribution in [0.3, 0.4) is 0 Å². The van der Waals surface area contributed by atoms with Crippen molar-refractivity contribution in [3.63, 3.8) is 0 Å². The van der Waals surface area contributed by atoms with Crippen molar-refractivity contribution in [1.82, 2.24) is 0 Å². The molecule has 1 N–H and O–H groups in total. The molecule has 0 saturated heterocycles. The van der Waals surface area contributed by atoms with Gasteiger partial charge >= 0.3 is 5.97 Å². The van der Waals surface area contributed by atoms with Crippen molar-refractivity contribution in [1.29, 1.82) is 0 Å². The Morgan fingerprint density at radius 1 is 1.42 bits per heavy atom. The second-order valence-electron chi connectivity index (χ2n) is 5.92. The van der Waals surface area contributed by atoms with Crippen LogP contribution < -0.4 is 0 Å². The molecular formula is C16H18O3. The minimum Gasteiger partial charge on any atom is -0.469 e. The van der Waals surface area contributed by atoms with Crippen LogP contribution in [0, 0.1) is 12.3 Å². The molecule has 0 heterocycles. The van der Waals surface area contributed by atoms with Gasteiger partial charge in [0, 0.05) is 0 Å². The van der Waals surface area contributed by atoms with Crippen LogP contribution in [0.5, 0.6) is 0 Å². The lowest BCUT2D eigenvalue weighted by molar-refractivity contribution is -0.166. The van der Waals surface area contributed by atoms with Gasteiger partial charge in [-0.3, -0.25) is 4.79 Å². The van der Waals surface area contributed by atoms with E-state index in [0.717, 1.165) is 11.1 Å². The average Bonchev–Trinajstić information content (AvgIpc) is 2.76. The molecule has 19 heavy (non-hydrogen) atoms. The van der Waals surface area contributed by atoms with Crippen LogP contribution in [0.1, 0.15) is 30.4 Å². The van der Waals surface area contributed by atoms with Crippen LogP contribution in [-0.2, 0) is 9.53 Å². The number of aliphatic hydroxyl groups is 1. The van der Waals surface area contributed by atoms with E-state index in [-0.39, 0.29) is 5.97 Å². The van der Waals surface area contributed by atoms with Crippen LogP contribution >= 0.6 is 0 Å². The molecule has 3 fully saturated rings. The highest BCUT2D eigenvalue weighted by molar-refractivity contribution is 5.82. The van der Waals surface area contributed by atoms with E-state index < -0.39 is 11.0 Å². The fraction of sp³-hybridized carbons (Fsp3) is 0.438. The molecule has 100 valence electrons. The zero-order valence-electron chi connectivity index (χ0n) is 11.3. The number of methoxy groups -OCH3 is 1. The Balaban J connectivity index is 1.90. The van der Waals surface area contributed by atoms with Gasteiger partial charge in [0.05, 0.1) is 18.1 Å². The summed E-state index contributed by atoms with van der Waals surface area (Å²) in [5.41, 5.74) is 1.96. The van der Waals surface area contributed by atoms with Gasteiger partial charge in [-0.1, -0.05) is 35.9 Å². The van der Waals surface area contributed by atoms with E-state index >= 15 is 0 Å². The number of hydrogen-bond donors (Lipinski definition) is 1. The highest BCUT2D eigenvalue weighted by Crippen LogP contribution is 2.64. The number of rotatable bonds is 2. The summed E-state index contributed by atoms with van der Waals surface area (Å²) in [6.45, 7) is 2.04. The minimum atomic E-state index is -0.794. The van der Waals surface area contributed by atoms with Gasteiger partial charge in [-0.2, -0.15) is 0 Å². The standard InChI is InChI=1S/C16H18O3/c1-11-4-3-5-12(6-11)7-13-8-15(14(17)19-2)9-16(13,18)10-15/h3-7,18H,8-10H2,1-2H3/b13-7+. The Hall–Kier alpha value is -1.61. The topological polar surface area (TPSA) is 46.5 Å². The average molecular weight is 258 g/mol. The summed E-state index contributed by atoms with van der Waals surface area (Å²) in [6, 6.07) is 8.14. The molecule has 2 bridgehead atoms. The third kappa shape index (κ3) is 1.80. The third-order valence-corrected chi connectivity index (χ3v) is 4.39. The number of hydrogen-bond acceptors (Lipinski definition) is 3. The largest absolute Gasteiger partial charge is 0.469 e. The van der Waals surface area contributed by atoms with Crippen molar-refractivity contribution in [2.75, 3.05) is 7.11 Å².